The first-order valence-corrected chi connectivity index (χ1v) is 15.7. The number of aromatic amines is 1. The summed E-state index contributed by atoms with van der Waals surface area (Å²) < 4.78 is 10.4. The van der Waals surface area contributed by atoms with Gasteiger partial charge in [-0.15, -0.1) is 0 Å². The van der Waals surface area contributed by atoms with Crippen molar-refractivity contribution in [3.8, 4) is 17.1 Å². The lowest BCUT2D eigenvalue weighted by Crippen LogP contribution is -2.50. The molecule has 11 heteroatoms. The lowest BCUT2D eigenvalue weighted by atomic mass is 10.0. The number of carbonyl (C=O) groups is 1. The van der Waals surface area contributed by atoms with E-state index in [1.54, 1.807) is 20.4 Å². The molecule has 2 saturated heterocycles. The summed E-state index contributed by atoms with van der Waals surface area (Å²) in [5.74, 6) is 1.77. The third-order valence-electron chi connectivity index (χ3n) is 8.58. The van der Waals surface area contributed by atoms with E-state index in [-0.39, 0.29) is 5.91 Å². The quantitative estimate of drug-likeness (QED) is 0.226. The number of hydrogen-bond acceptors (Lipinski definition) is 8. The topological polar surface area (TPSA) is 98.8 Å². The Morgan fingerprint density at radius 2 is 1.80 bits per heavy atom. The number of H-pyrrole nitrogens is 1. The van der Waals surface area contributed by atoms with Crippen molar-refractivity contribution in [3.05, 3.63) is 65.3 Å². The van der Waals surface area contributed by atoms with Crippen LogP contribution in [0.25, 0.3) is 22.6 Å². The van der Waals surface area contributed by atoms with E-state index in [2.05, 4.69) is 49.4 Å². The molecule has 0 bridgehead atoms. The van der Waals surface area contributed by atoms with Crippen molar-refractivity contribution in [3.63, 3.8) is 0 Å². The van der Waals surface area contributed by atoms with Gasteiger partial charge in [0.15, 0.2) is 5.65 Å². The summed E-state index contributed by atoms with van der Waals surface area (Å²) in [6.45, 7) is 6.26. The van der Waals surface area contributed by atoms with Crippen LogP contribution in [0.15, 0.2) is 54.7 Å². The number of ether oxygens (including phenoxy) is 2. The molecule has 10 nitrogen and oxygen atoms in total. The zero-order valence-electron chi connectivity index (χ0n) is 25.4. The van der Waals surface area contributed by atoms with Crippen LogP contribution in [0.5, 0.6) is 5.75 Å². The van der Waals surface area contributed by atoms with Crippen LogP contribution in [0.1, 0.15) is 24.8 Å². The van der Waals surface area contributed by atoms with E-state index in [1.165, 1.54) is 5.56 Å². The summed E-state index contributed by atoms with van der Waals surface area (Å²) in [6.07, 6.45) is 4.56. The van der Waals surface area contributed by atoms with Gasteiger partial charge in [-0.25, -0.2) is 9.97 Å². The molecular formula is C33H40ClN7O3. The number of aromatic nitrogens is 3. The van der Waals surface area contributed by atoms with Crippen LogP contribution in [0.3, 0.4) is 0 Å². The highest BCUT2D eigenvalue weighted by Gasteiger charge is 2.25. The molecule has 0 atom stereocenters. The van der Waals surface area contributed by atoms with E-state index in [0.717, 1.165) is 92.6 Å². The van der Waals surface area contributed by atoms with Crippen LogP contribution in [-0.2, 0) is 16.1 Å². The molecule has 4 heterocycles. The van der Waals surface area contributed by atoms with E-state index in [0.29, 0.717) is 29.9 Å². The molecule has 1 amide bonds. The fourth-order valence-electron chi connectivity index (χ4n) is 6.04. The highest BCUT2D eigenvalue weighted by molar-refractivity contribution is 6.34. The molecule has 0 radical (unpaired) electrons. The van der Waals surface area contributed by atoms with Gasteiger partial charge in [-0.3, -0.25) is 9.69 Å². The zero-order valence-corrected chi connectivity index (χ0v) is 26.1. The summed E-state index contributed by atoms with van der Waals surface area (Å²) in [7, 11) is 3.38. The van der Waals surface area contributed by atoms with Crippen molar-refractivity contribution in [1.82, 2.24) is 24.8 Å². The van der Waals surface area contributed by atoms with Gasteiger partial charge < -0.3 is 29.6 Å². The molecule has 0 unspecified atom stereocenters. The first-order valence-electron chi connectivity index (χ1n) is 15.3. The number of carbonyl (C=O) groups excluding carboxylic acids is 1. The maximum atomic E-state index is 12.7. The Labute approximate surface area is 263 Å². The van der Waals surface area contributed by atoms with E-state index in [9.17, 15) is 4.79 Å². The maximum absolute atomic E-state index is 12.7. The van der Waals surface area contributed by atoms with Crippen LogP contribution in [0, 0.1) is 0 Å². The summed E-state index contributed by atoms with van der Waals surface area (Å²) in [6, 6.07) is 16.8. The Bertz CT molecular complexity index is 1550. The molecule has 4 aromatic rings. The minimum Gasteiger partial charge on any atom is -0.497 e. The van der Waals surface area contributed by atoms with Gasteiger partial charge in [0.1, 0.15) is 17.1 Å². The van der Waals surface area contributed by atoms with Crippen LogP contribution >= 0.6 is 11.6 Å². The first kappa shape index (κ1) is 30.2. The van der Waals surface area contributed by atoms with E-state index in [4.69, 9.17) is 26.1 Å². The van der Waals surface area contributed by atoms with Crippen molar-refractivity contribution >= 4 is 40.0 Å². The molecule has 232 valence electrons. The molecule has 44 heavy (non-hydrogen) atoms. The molecule has 0 saturated carbocycles. The normalized spacial score (nSPS) is 16.6. The molecule has 0 aliphatic carbocycles. The Morgan fingerprint density at radius 3 is 2.50 bits per heavy atom. The number of halogens is 1. The Kier molecular flexibility index (Phi) is 9.49. The first-order chi connectivity index (χ1) is 21.5. The van der Waals surface area contributed by atoms with E-state index < -0.39 is 0 Å². The number of nitrogens with zero attached hydrogens (tertiary/aromatic N) is 5. The molecule has 6 rings (SSSR count). The number of nitrogens with one attached hydrogen (secondary N) is 2. The van der Waals surface area contributed by atoms with Crippen molar-refractivity contribution in [2.75, 3.05) is 70.3 Å². The Morgan fingerprint density at radius 1 is 1.02 bits per heavy atom. The van der Waals surface area contributed by atoms with Crippen LogP contribution in [0.2, 0.25) is 5.02 Å². The molecule has 2 aliphatic rings. The smallest absolute Gasteiger partial charge is 0.242 e. The highest BCUT2D eigenvalue weighted by Crippen LogP contribution is 2.33. The summed E-state index contributed by atoms with van der Waals surface area (Å²) in [5, 5.41) is 4.27. The number of hydrogen-bond donors (Lipinski definition) is 2. The number of anilines is 2. The average molecular weight is 618 g/mol. The second kappa shape index (κ2) is 13.8. The standard InChI is InChI=1S/C33H40ClN7O3/c1-43-19-3-14-40-17-18-41(22-29(40)42)26-8-6-24(7-9-26)32-37-31-30(28(34)20-35-33(31)38-32)36-25-12-15-39(16-13-25)21-23-4-10-27(44-2)11-5-23/h4-11,20,25H,3,12-19,21-22H2,1-2H3,(H2,35,36,37,38). The number of rotatable bonds is 11. The molecule has 2 aromatic carbocycles. The Hall–Kier alpha value is -3.86. The highest BCUT2D eigenvalue weighted by atomic mass is 35.5. The van der Waals surface area contributed by atoms with Gasteiger partial charge in [0, 0.05) is 70.3 Å². The van der Waals surface area contributed by atoms with Crippen LogP contribution < -0.4 is 15.0 Å². The van der Waals surface area contributed by atoms with Crippen LogP contribution in [0.4, 0.5) is 11.4 Å². The SMILES string of the molecule is COCCCN1CCN(c2ccc(-c3nc4ncc(Cl)c(NC5CCN(Cc6ccc(OC)cc6)CC5)c4[nH]3)cc2)CC1=O. The van der Waals surface area contributed by atoms with E-state index >= 15 is 0 Å². The third kappa shape index (κ3) is 6.93. The van der Waals surface area contributed by atoms with Gasteiger partial charge in [0.05, 0.1) is 30.6 Å². The predicted octanol–water partition coefficient (Wildman–Crippen LogP) is 5.05. The molecular weight excluding hydrogens is 578 g/mol. The summed E-state index contributed by atoms with van der Waals surface area (Å²) in [4.78, 5) is 32.0. The van der Waals surface area contributed by atoms with E-state index in [1.807, 2.05) is 29.2 Å². The van der Waals surface area contributed by atoms with Crippen molar-refractivity contribution < 1.29 is 14.3 Å². The van der Waals surface area contributed by atoms with Crippen LogP contribution in [-0.4, -0.2) is 96.8 Å². The van der Waals surface area contributed by atoms with Crippen molar-refractivity contribution in [2.45, 2.75) is 31.8 Å². The molecule has 2 N–H and O–H groups in total. The zero-order chi connectivity index (χ0) is 30.5. The van der Waals surface area contributed by atoms with Gasteiger partial charge in [-0.05, 0) is 61.2 Å². The second-order valence-corrected chi connectivity index (χ2v) is 11.9. The number of piperidine rings is 1. The number of benzene rings is 2. The fourth-order valence-corrected chi connectivity index (χ4v) is 6.23. The number of pyridine rings is 1. The lowest BCUT2D eigenvalue weighted by Gasteiger charge is -2.35. The number of methoxy groups -OCH3 is 2. The minimum atomic E-state index is 0.152. The van der Waals surface area contributed by atoms with Crippen molar-refractivity contribution in [1.29, 1.82) is 0 Å². The minimum absolute atomic E-state index is 0.152. The van der Waals surface area contributed by atoms with Gasteiger partial charge in [0.2, 0.25) is 5.91 Å². The van der Waals surface area contributed by atoms with Gasteiger partial charge >= 0.3 is 0 Å². The number of fused-ring (bicyclic) bond motifs is 1. The molecule has 0 spiro atoms. The lowest BCUT2D eigenvalue weighted by molar-refractivity contribution is -0.131. The largest absolute Gasteiger partial charge is 0.497 e. The number of likely N-dealkylation sites (tertiary alicyclic amines) is 1. The molecule has 2 fully saturated rings. The van der Waals surface area contributed by atoms with Gasteiger partial charge in [-0.2, -0.15) is 0 Å². The second-order valence-electron chi connectivity index (χ2n) is 11.5. The maximum Gasteiger partial charge on any atom is 0.242 e. The third-order valence-corrected chi connectivity index (χ3v) is 8.86. The predicted molar refractivity (Wildman–Crippen MR) is 175 cm³/mol. The van der Waals surface area contributed by atoms with Gasteiger partial charge in [0.25, 0.3) is 0 Å². The number of amides is 1. The average Bonchev–Trinajstić information content (AvgIpc) is 3.49. The number of imidazole rings is 1. The Balaban J connectivity index is 1.08. The van der Waals surface area contributed by atoms with Gasteiger partial charge in [-0.1, -0.05) is 23.7 Å². The molecule has 2 aliphatic heterocycles. The monoisotopic (exact) mass is 617 g/mol. The summed E-state index contributed by atoms with van der Waals surface area (Å²) in [5.41, 5.74) is 5.55. The van der Waals surface area contributed by atoms with Crippen molar-refractivity contribution in [2.24, 2.45) is 0 Å². The fraction of sp³-hybridized carbons (Fsp3) is 0.424. The summed E-state index contributed by atoms with van der Waals surface area (Å²) >= 11 is 6.67. The molecule has 2 aromatic heterocycles. The number of piperazine rings is 1.